The van der Waals surface area contributed by atoms with Crippen LogP contribution in [0.1, 0.15) is 15.9 Å². The number of amides is 1. The molecule has 0 aliphatic carbocycles. The predicted octanol–water partition coefficient (Wildman–Crippen LogP) is 2.75. The lowest BCUT2D eigenvalue weighted by atomic mass is 10.1. The SMILES string of the molecule is O=C(Nc1ccc(S(=O)(=O)N2CCOCC2)cc1)c1ccc(Cn2nnc3ccccc32)cc1. The first kappa shape index (κ1) is 22.2. The zero-order valence-corrected chi connectivity index (χ0v) is 19.1. The summed E-state index contributed by atoms with van der Waals surface area (Å²) < 4.78 is 33.9. The normalized spacial score (nSPS) is 14.8. The van der Waals surface area contributed by atoms with E-state index in [1.165, 1.54) is 16.4 Å². The number of morpholine rings is 1. The first-order valence-corrected chi connectivity index (χ1v) is 12.3. The molecule has 1 aliphatic rings. The third-order valence-electron chi connectivity index (χ3n) is 5.69. The smallest absolute Gasteiger partial charge is 0.255 e. The van der Waals surface area contributed by atoms with Crippen LogP contribution < -0.4 is 5.32 Å². The van der Waals surface area contributed by atoms with Crippen LogP contribution in [-0.4, -0.2) is 59.9 Å². The molecule has 1 saturated heterocycles. The van der Waals surface area contributed by atoms with Gasteiger partial charge in [0.1, 0.15) is 5.52 Å². The number of anilines is 1. The average molecular weight is 478 g/mol. The van der Waals surface area contributed by atoms with Crippen LogP contribution in [0.15, 0.2) is 77.7 Å². The summed E-state index contributed by atoms with van der Waals surface area (Å²) in [5.41, 5.74) is 3.79. The van der Waals surface area contributed by atoms with E-state index in [0.717, 1.165) is 16.6 Å². The lowest BCUT2D eigenvalue weighted by Crippen LogP contribution is -2.40. The first-order valence-electron chi connectivity index (χ1n) is 10.9. The van der Waals surface area contributed by atoms with Crippen molar-refractivity contribution in [1.29, 1.82) is 0 Å². The molecule has 0 spiro atoms. The Labute approximate surface area is 197 Å². The number of sulfonamides is 1. The Morgan fingerprint density at radius 2 is 1.65 bits per heavy atom. The van der Waals surface area contributed by atoms with Crippen LogP contribution in [0.3, 0.4) is 0 Å². The third-order valence-corrected chi connectivity index (χ3v) is 7.60. The molecule has 1 amide bonds. The lowest BCUT2D eigenvalue weighted by molar-refractivity contribution is 0.0730. The molecule has 2 heterocycles. The maximum absolute atomic E-state index is 12.7. The van der Waals surface area contributed by atoms with Crippen LogP contribution >= 0.6 is 0 Å². The monoisotopic (exact) mass is 477 g/mol. The van der Waals surface area contributed by atoms with Gasteiger partial charge in [-0.2, -0.15) is 4.31 Å². The quantitative estimate of drug-likeness (QED) is 0.458. The highest BCUT2D eigenvalue weighted by molar-refractivity contribution is 7.89. The van der Waals surface area contributed by atoms with E-state index in [2.05, 4.69) is 15.6 Å². The Bertz CT molecular complexity index is 1410. The summed E-state index contributed by atoms with van der Waals surface area (Å²) in [6.45, 7) is 2.00. The molecule has 0 radical (unpaired) electrons. The second-order valence-corrected chi connectivity index (χ2v) is 9.87. The number of fused-ring (bicyclic) bond motifs is 1. The molecule has 0 bridgehead atoms. The summed E-state index contributed by atoms with van der Waals surface area (Å²) in [6, 6.07) is 21.2. The zero-order valence-electron chi connectivity index (χ0n) is 18.3. The molecule has 1 aliphatic heterocycles. The van der Waals surface area contributed by atoms with Crippen molar-refractivity contribution in [3.8, 4) is 0 Å². The molecule has 1 N–H and O–H groups in total. The maximum Gasteiger partial charge on any atom is 0.255 e. The van der Waals surface area contributed by atoms with Crippen molar-refractivity contribution in [2.24, 2.45) is 0 Å². The fraction of sp³-hybridized carbons (Fsp3) is 0.208. The van der Waals surface area contributed by atoms with Crippen molar-refractivity contribution in [2.45, 2.75) is 11.4 Å². The molecular weight excluding hydrogens is 454 g/mol. The van der Waals surface area contributed by atoms with Crippen LogP contribution in [0.5, 0.6) is 0 Å². The highest BCUT2D eigenvalue weighted by Gasteiger charge is 2.26. The minimum absolute atomic E-state index is 0.192. The molecule has 4 aromatic rings. The van der Waals surface area contributed by atoms with Gasteiger partial charge >= 0.3 is 0 Å². The highest BCUT2D eigenvalue weighted by atomic mass is 32.2. The van der Waals surface area contributed by atoms with Crippen molar-refractivity contribution in [3.63, 3.8) is 0 Å². The summed E-state index contributed by atoms with van der Waals surface area (Å²) in [5.74, 6) is -0.276. The number of nitrogens with zero attached hydrogens (tertiary/aromatic N) is 4. The average Bonchev–Trinajstić information content (AvgIpc) is 3.28. The van der Waals surface area contributed by atoms with Gasteiger partial charge in [0, 0.05) is 24.3 Å². The van der Waals surface area contributed by atoms with Gasteiger partial charge in [0.05, 0.1) is 30.2 Å². The van der Waals surface area contributed by atoms with E-state index in [9.17, 15) is 13.2 Å². The second-order valence-electron chi connectivity index (χ2n) is 7.93. The number of ether oxygens (including phenoxy) is 1. The summed E-state index contributed by atoms with van der Waals surface area (Å²) in [4.78, 5) is 12.9. The van der Waals surface area contributed by atoms with Crippen LogP contribution in [0.2, 0.25) is 0 Å². The van der Waals surface area contributed by atoms with E-state index in [1.807, 2.05) is 41.1 Å². The minimum atomic E-state index is -3.57. The van der Waals surface area contributed by atoms with Crippen LogP contribution in [0.25, 0.3) is 11.0 Å². The van der Waals surface area contributed by atoms with E-state index < -0.39 is 10.0 Å². The highest BCUT2D eigenvalue weighted by Crippen LogP contribution is 2.20. The summed E-state index contributed by atoms with van der Waals surface area (Å²) in [5, 5.41) is 11.2. The third kappa shape index (κ3) is 4.56. The van der Waals surface area contributed by atoms with E-state index in [4.69, 9.17) is 4.74 Å². The summed E-state index contributed by atoms with van der Waals surface area (Å²) >= 11 is 0. The number of para-hydroxylation sites is 1. The Hall–Kier alpha value is -3.60. The lowest BCUT2D eigenvalue weighted by Gasteiger charge is -2.26. The van der Waals surface area contributed by atoms with Crippen molar-refractivity contribution in [1.82, 2.24) is 19.3 Å². The van der Waals surface area contributed by atoms with Crippen molar-refractivity contribution in [3.05, 3.63) is 83.9 Å². The minimum Gasteiger partial charge on any atom is -0.379 e. The number of benzene rings is 3. The first-order chi connectivity index (χ1) is 16.5. The molecule has 5 rings (SSSR count). The molecule has 174 valence electrons. The fourth-order valence-corrected chi connectivity index (χ4v) is 5.23. The zero-order chi connectivity index (χ0) is 23.5. The van der Waals surface area contributed by atoms with Crippen LogP contribution in [-0.2, 0) is 21.3 Å². The summed E-state index contributed by atoms with van der Waals surface area (Å²) in [7, 11) is -3.57. The Morgan fingerprint density at radius 1 is 0.941 bits per heavy atom. The molecule has 0 saturated carbocycles. The number of hydrogen-bond donors (Lipinski definition) is 1. The van der Waals surface area contributed by atoms with Crippen molar-refractivity contribution >= 4 is 32.7 Å². The van der Waals surface area contributed by atoms with Gasteiger partial charge in [-0.25, -0.2) is 13.1 Å². The predicted molar refractivity (Wildman–Crippen MR) is 127 cm³/mol. The Morgan fingerprint density at radius 3 is 2.38 bits per heavy atom. The van der Waals surface area contributed by atoms with E-state index in [-0.39, 0.29) is 10.8 Å². The number of carbonyl (C=O) groups is 1. The van der Waals surface area contributed by atoms with Gasteiger partial charge in [0.25, 0.3) is 5.91 Å². The van der Waals surface area contributed by atoms with Crippen LogP contribution in [0.4, 0.5) is 5.69 Å². The van der Waals surface area contributed by atoms with Gasteiger partial charge in [-0.1, -0.05) is 29.5 Å². The van der Waals surface area contributed by atoms with Crippen molar-refractivity contribution < 1.29 is 17.9 Å². The van der Waals surface area contributed by atoms with Gasteiger partial charge in [0.2, 0.25) is 10.0 Å². The number of carbonyl (C=O) groups excluding carboxylic acids is 1. The fourth-order valence-electron chi connectivity index (χ4n) is 3.82. The molecule has 9 nitrogen and oxygen atoms in total. The molecule has 1 fully saturated rings. The number of aromatic nitrogens is 3. The largest absolute Gasteiger partial charge is 0.379 e. The van der Waals surface area contributed by atoms with Gasteiger partial charge in [-0.3, -0.25) is 4.79 Å². The molecule has 34 heavy (non-hydrogen) atoms. The van der Waals surface area contributed by atoms with E-state index >= 15 is 0 Å². The molecule has 0 atom stereocenters. The van der Waals surface area contributed by atoms with Crippen LogP contribution in [0, 0.1) is 0 Å². The number of rotatable bonds is 6. The molecular formula is C24H23N5O4S. The maximum atomic E-state index is 12.7. The second kappa shape index (κ2) is 9.34. The topological polar surface area (TPSA) is 106 Å². The summed E-state index contributed by atoms with van der Waals surface area (Å²) in [6.07, 6.45) is 0. The standard InChI is InChI=1S/C24H23N5O4S/c30-24(25-20-9-11-21(12-10-20)34(31,32)28-13-15-33-16-14-28)19-7-5-18(6-8-19)17-29-23-4-2-1-3-22(23)26-27-29/h1-12H,13-17H2,(H,25,30). The molecule has 10 heteroatoms. The number of nitrogens with one attached hydrogen (secondary N) is 1. The van der Waals surface area contributed by atoms with Gasteiger partial charge in [-0.15, -0.1) is 5.10 Å². The van der Waals surface area contributed by atoms with Crippen molar-refractivity contribution in [2.75, 3.05) is 31.6 Å². The molecule has 1 aromatic heterocycles. The molecule has 0 unspecified atom stereocenters. The van der Waals surface area contributed by atoms with E-state index in [1.54, 1.807) is 24.3 Å². The van der Waals surface area contributed by atoms with E-state index in [0.29, 0.717) is 44.1 Å². The van der Waals surface area contributed by atoms with Gasteiger partial charge < -0.3 is 10.1 Å². The Kier molecular flexibility index (Phi) is 6.10. The number of hydrogen-bond acceptors (Lipinski definition) is 6. The Balaban J connectivity index is 1.23. The molecule has 3 aromatic carbocycles. The van der Waals surface area contributed by atoms with Gasteiger partial charge in [0.15, 0.2) is 0 Å². The van der Waals surface area contributed by atoms with Gasteiger partial charge in [-0.05, 0) is 54.1 Å².